The van der Waals surface area contributed by atoms with Crippen LogP contribution in [-0.4, -0.2) is 183 Å². The largest absolute Gasteiger partial charge is 0.480 e. The SMILES string of the molecule is CC[C@H](C)[C@H](NC(=O)[C@H](CC(N)=O)NC(=O)[C@@H](N)CCCCN)C(=O)N[C@H](C(=O)N[C@H](C(=O)N1CCC[C@H]1C(=O)N[C@@H](CCCN=C(N)N)C(=O)N[C@H](C(=O)N1CCC[C@H]1C(=O)O)[C@@H](C)O)[C@@H](C)O)C(C)C. The number of unbranched alkanes of at least 4 members (excludes halogenated alkanes) is 1. The topological polar surface area (TPSA) is 453 Å². The van der Waals surface area contributed by atoms with Gasteiger partial charge in [-0.1, -0.05) is 40.5 Å². The maximum Gasteiger partial charge on any atom is 0.326 e. The number of carbonyl (C=O) groups excluding carboxylic acids is 9. The number of guanidine groups is 1. The number of hydrogen-bond donors (Lipinski definition) is 14. The maximum atomic E-state index is 14.3. The lowest BCUT2D eigenvalue weighted by molar-refractivity contribution is -0.151. The molecule has 2 aliphatic rings. The Labute approximate surface area is 419 Å². The van der Waals surface area contributed by atoms with E-state index in [0.717, 1.165) is 9.80 Å². The molecule has 12 atom stereocenters. The van der Waals surface area contributed by atoms with E-state index in [0.29, 0.717) is 38.6 Å². The van der Waals surface area contributed by atoms with Crippen molar-refractivity contribution >= 4 is 65.1 Å². The smallest absolute Gasteiger partial charge is 0.326 e. The van der Waals surface area contributed by atoms with Crippen molar-refractivity contribution in [3.05, 3.63) is 0 Å². The molecule has 9 amide bonds. The fraction of sp³-hybridized carbons (Fsp3) is 0.756. The van der Waals surface area contributed by atoms with E-state index in [-0.39, 0.29) is 57.7 Å². The van der Waals surface area contributed by atoms with E-state index < -0.39 is 144 Å². The monoisotopic (exact) mass is 1020 g/mol. The van der Waals surface area contributed by atoms with Gasteiger partial charge in [0.1, 0.15) is 48.3 Å². The van der Waals surface area contributed by atoms with Gasteiger partial charge in [0, 0.05) is 19.6 Å². The van der Waals surface area contributed by atoms with Crippen molar-refractivity contribution in [2.24, 2.45) is 45.5 Å². The number of carboxylic acid groups (broad SMARTS) is 1. The molecule has 0 aromatic heterocycles. The van der Waals surface area contributed by atoms with Gasteiger partial charge in [-0.25, -0.2) is 4.79 Å². The predicted octanol–water partition coefficient (Wildman–Crippen LogP) is -5.19. The van der Waals surface area contributed by atoms with Gasteiger partial charge in [0.25, 0.3) is 0 Å². The van der Waals surface area contributed by atoms with Crippen LogP contribution < -0.4 is 60.6 Å². The second kappa shape index (κ2) is 30.0. The molecule has 0 bridgehead atoms. The number of carbonyl (C=O) groups is 10. The van der Waals surface area contributed by atoms with Crippen molar-refractivity contribution in [2.75, 3.05) is 26.2 Å². The lowest BCUT2D eigenvalue weighted by atomic mass is 9.95. The number of aliphatic hydroxyl groups excluding tert-OH is 2. The number of nitrogens with zero attached hydrogens (tertiary/aromatic N) is 3. The Morgan fingerprint density at radius 2 is 1.12 bits per heavy atom. The molecular formula is C45H80N14O13. The molecule has 0 radical (unpaired) electrons. The number of aliphatic carboxylic acids is 1. The molecule has 2 saturated heterocycles. The molecule has 27 heteroatoms. The van der Waals surface area contributed by atoms with Crippen LogP contribution in [0.2, 0.25) is 0 Å². The Bertz CT molecular complexity index is 1930. The summed E-state index contributed by atoms with van der Waals surface area (Å²) in [5.74, 6) is -10.4. The Balaban J connectivity index is 2.32. The highest BCUT2D eigenvalue weighted by Crippen LogP contribution is 2.22. The lowest BCUT2D eigenvalue weighted by Crippen LogP contribution is -2.63. The molecule has 0 unspecified atom stereocenters. The minimum absolute atomic E-state index is 0.00536. The van der Waals surface area contributed by atoms with Gasteiger partial charge in [-0.3, -0.25) is 48.1 Å². The molecule has 2 aliphatic heterocycles. The van der Waals surface area contributed by atoms with Crippen LogP contribution in [-0.2, 0) is 47.9 Å². The van der Waals surface area contributed by atoms with E-state index in [1.165, 1.54) is 13.8 Å². The molecule has 27 nitrogen and oxygen atoms in total. The summed E-state index contributed by atoms with van der Waals surface area (Å²) in [6.07, 6.45) is -0.910. The first-order valence-corrected chi connectivity index (χ1v) is 24.6. The summed E-state index contributed by atoms with van der Waals surface area (Å²) >= 11 is 0. The van der Waals surface area contributed by atoms with Gasteiger partial charge in [0.2, 0.25) is 53.2 Å². The molecule has 19 N–H and O–H groups in total. The zero-order chi connectivity index (χ0) is 54.6. The maximum absolute atomic E-state index is 14.3. The second-order valence-electron chi connectivity index (χ2n) is 18.9. The normalized spacial score (nSPS) is 19.7. The first kappa shape index (κ1) is 61.9. The van der Waals surface area contributed by atoms with Gasteiger partial charge < -0.3 is 85.7 Å². The van der Waals surface area contributed by atoms with Gasteiger partial charge in [-0.15, -0.1) is 0 Å². The Hall–Kier alpha value is -6.19. The predicted molar refractivity (Wildman–Crippen MR) is 261 cm³/mol. The number of aliphatic imine (C=N–C) groups is 1. The standard InChI is InChI=1S/C45H80N14O13/c1-7-23(4)33(55-38(65)28(21-31(48)62)53-36(63)26(47)13-8-9-17-46)41(68)54-32(22(2)3)40(67)57-35(25(6)61)42(69)58-19-11-15-29(58)39(66)52-27(14-10-18-51-45(49)50)37(64)56-34(24(5)60)43(70)59-20-12-16-30(59)44(71)72/h22-30,32-35,60-61H,7-21,46-47H2,1-6H3,(H2,48,62)(H,52,66)(H,53,63)(H,54,68)(H,55,65)(H,56,64)(H,57,67)(H,71,72)(H4,49,50,51)/t23-,24+,25+,26-,27-,28-,29-,30-,32-,33-,34-,35-/m0/s1. The number of primary amides is 1. The Morgan fingerprint density at radius 3 is 1.62 bits per heavy atom. The van der Waals surface area contributed by atoms with Gasteiger partial charge in [-0.2, -0.15) is 0 Å². The van der Waals surface area contributed by atoms with Crippen LogP contribution in [0.1, 0.15) is 112 Å². The number of nitrogens with two attached hydrogens (primary N) is 5. The number of hydrogen-bond acceptors (Lipinski definition) is 15. The van der Waals surface area contributed by atoms with Crippen molar-refractivity contribution in [2.45, 2.75) is 179 Å². The minimum Gasteiger partial charge on any atom is -0.480 e. The summed E-state index contributed by atoms with van der Waals surface area (Å²) in [4.78, 5) is 140. The van der Waals surface area contributed by atoms with Crippen molar-refractivity contribution < 1.29 is 63.3 Å². The summed E-state index contributed by atoms with van der Waals surface area (Å²) < 4.78 is 0. The summed E-state index contributed by atoms with van der Waals surface area (Å²) in [6.45, 7) is 9.55. The third kappa shape index (κ3) is 18.8. The third-order valence-electron chi connectivity index (χ3n) is 12.7. The quantitative estimate of drug-likeness (QED) is 0.0182. The number of aliphatic hydroxyl groups is 2. The van der Waals surface area contributed by atoms with E-state index in [1.807, 2.05) is 0 Å². The Morgan fingerprint density at radius 1 is 0.625 bits per heavy atom. The highest BCUT2D eigenvalue weighted by Gasteiger charge is 2.43. The van der Waals surface area contributed by atoms with Crippen LogP contribution in [0.25, 0.3) is 0 Å². The number of amides is 9. The summed E-state index contributed by atoms with van der Waals surface area (Å²) in [5.41, 5.74) is 27.8. The molecule has 408 valence electrons. The van der Waals surface area contributed by atoms with Crippen molar-refractivity contribution in [3.63, 3.8) is 0 Å². The molecule has 0 spiro atoms. The number of rotatable bonds is 30. The highest BCUT2D eigenvalue weighted by atomic mass is 16.4. The third-order valence-corrected chi connectivity index (χ3v) is 12.7. The van der Waals surface area contributed by atoms with Gasteiger partial charge in [0.15, 0.2) is 5.96 Å². The highest BCUT2D eigenvalue weighted by molar-refractivity contribution is 5.99. The van der Waals surface area contributed by atoms with Crippen LogP contribution >= 0.6 is 0 Å². The van der Waals surface area contributed by atoms with Crippen LogP contribution in [0, 0.1) is 11.8 Å². The van der Waals surface area contributed by atoms with Crippen LogP contribution in [0.3, 0.4) is 0 Å². The summed E-state index contributed by atoms with van der Waals surface area (Å²) in [6, 6.07) is -12.2. The number of nitrogens with one attached hydrogen (secondary N) is 6. The van der Waals surface area contributed by atoms with Crippen LogP contribution in [0.4, 0.5) is 0 Å². The van der Waals surface area contributed by atoms with E-state index >= 15 is 0 Å². The van der Waals surface area contributed by atoms with Gasteiger partial charge >= 0.3 is 5.97 Å². The zero-order valence-corrected chi connectivity index (χ0v) is 42.3. The molecule has 0 aromatic carbocycles. The van der Waals surface area contributed by atoms with Crippen LogP contribution in [0.15, 0.2) is 4.99 Å². The molecule has 0 aromatic rings. The second-order valence-corrected chi connectivity index (χ2v) is 18.9. The van der Waals surface area contributed by atoms with Crippen molar-refractivity contribution in [1.82, 2.24) is 41.7 Å². The number of likely N-dealkylation sites (tertiary alicyclic amines) is 2. The summed E-state index contributed by atoms with van der Waals surface area (Å²) in [7, 11) is 0. The van der Waals surface area contributed by atoms with E-state index in [9.17, 15) is 63.3 Å². The average Bonchev–Trinajstić information content (AvgIpc) is 4.02. The number of carboxylic acids is 1. The molecular weight excluding hydrogens is 945 g/mol. The van der Waals surface area contributed by atoms with E-state index in [4.69, 9.17) is 28.7 Å². The molecule has 2 fully saturated rings. The zero-order valence-electron chi connectivity index (χ0n) is 42.3. The molecule has 72 heavy (non-hydrogen) atoms. The first-order valence-electron chi connectivity index (χ1n) is 24.6. The first-order chi connectivity index (χ1) is 33.8. The molecule has 0 aliphatic carbocycles. The van der Waals surface area contributed by atoms with E-state index in [2.05, 4.69) is 36.9 Å². The fourth-order valence-electron chi connectivity index (χ4n) is 8.32. The summed E-state index contributed by atoms with van der Waals surface area (Å²) in [5, 5.41) is 46.3. The lowest BCUT2D eigenvalue weighted by Gasteiger charge is -2.33. The minimum atomic E-state index is -1.66. The molecule has 2 heterocycles. The fourth-order valence-corrected chi connectivity index (χ4v) is 8.32. The molecule has 0 saturated carbocycles. The Kier molecular flexibility index (Phi) is 25.8. The van der Waals surface area contributed by atoms with Crippen LogP contribution in [0.5, 0.6) is 0 Å². The van der Waals surface area contributed by atoms with Crippen molar-refractivity contribution in [3.8, 4) is 0 Å². The van der Waals surface area contributed by atoms with Gasteiger partial charge in [-0.05, 0) is 83.6 Å². The van der Waals surface area contributed by atoms with Gasteiger partial charge in [0.05, 0.1) is 24.7 Å². The average molecular weight is 1030 g/mol. The van der Waals surface area contributed by atoms with Crippen molar-refractivity contribution in [1.29, 1.82) is 0 Å². The molecule has 2 rings (SSSR count). The van der Waals surface area contributed by atoms with E-state index in [1.54, 1.807) is 27.7 Å².